The topological polar surface area (TPSA) is 18.3 Å². The highest BCUT2D eigenvalue weighted by Gasteiger charge is 2.25. The molecule has 3 heteroatoms. The van der Waals surface area contributed by atoms with E-state index in [1.54, 1.807) is 0 Å². The van der Waals surface area contributed by atoms with E-state index in [1.165, 1.54) is 5.56 Å². The maximum atomic E-state index is 6.24. The van der Waals surface area contributed by atoms with Gasteiger partial charge in [0.1, 0.15) is 18.8 Å². The van der Waals surface area contributed by atoms with Gasteiger partial charge in [0.25, 0.3) is 0 Å². The Morgan fingerprint density at radius 1 is 0.929 bits per heavy atom. The van der Waals surface area contributed by atoms with E-state index in [2.05, 4.69) is 64.4 Å². The van der Waals surface area contributed by atoms with Crippen molar-refractivity contribution in [1.29, 1.82) is 0 Å². The van der Waals surface area contributed by atoms with Crippen LogP contribution in [0.5, 0.6) is 5.75 Å². The molecule has 0 N–H and O–H groups in total. The van der Waals surface area contributed by atoms with Crippen molar-refractivity contribution < 1.29 is 9.14 Å². The first-order valence-electron chi connectivity index (χ1n) is 9.44. The normalized spacial score (nSPS) is 10.7. The summed E-state index contributed by atoms with van der Waals surface area (Å²) in [5.74, 6) is 3.65. The lowest BCUT2D eigenvalue weighted by Gasteiger charge is -2.07. The molecule has 0 fully saturated rings. The lowest BCUT2D eigenvalue weighted by Crippen LogP contribution is -2.25. The van der Waals surface area contributed by atoms with Gasteiger partial charge in [-0.25, -0.2) is 4.57 Å². The summed E-state index contributed by atoms with van der Waals surface area (Å²) in [7, 11) is 0. The second-order valence-corrected chi connectivity index (χ2v) is 6.83. The number of terminal acetylenes is 1. The molecule has 0 saturated heterocycles. The highest BCUT2D eigenvalue weighted by atomic mass is 16.5. The molecule has 0 unspecified atom stereocenters. The van der Waals surface area contributed by atoms with Crippen molar-refractivity contribution in [1.82, 2.24) is 4.57 Å². The summed E-state index contributed by atoms with van der Waals surface area (Å²) in [6, 6.07) is 24.7. The molecule has 4 rings (SSSR count). The first-order valence-corrected chi connectivity index (χ1v) is 9.44. The third-order valence-corrected chi connectivity index (χ3v) is 4.99. The van der Waals surface area contributed by atoms with Crippen molar-refractivity contribution in [2.45, 2.75) is 26.5 Å². The molecule has 28 heavy (non-hydrogen) atoms. The average Bonchev–Trinajstić information content (AvgIpc) is 3.00. The number of fused-ring (bicyclic) bond motifs is 1. The second kappa shape index (κ2) is 8.02. The lowest BCUT2D eigenvalue weighted by molar-refractivity contribution is -0.520. The summed E-state index contributed by atoms with van der Waals surface area (Å²) in [6.07, 6.45) is 8.29. The minimum Gasteiger partial charge on any atom is -0.481 e. The van der Waals surface area contributed by atoms with Crippen molar-refractivity contribution in [2.24, 2.45) is 0 Å². The van der Waals surface area contributed by atoms with E-state index in [0.29, 0.717) is 13.0 Å². The fraction of sp³-hybridized carbons (Fsp3) is 0.160. The van der Waals surface area contributed by atoms with E-state index in [9.17, 15) is 0 Å². The fourth-order valence-electron chi connectivity index (χ4n) is 3.57. The van der Waals surface area contributed by atoms with Gasteiger partial charge in [-0.05, 0) is 23.3 Å². The molecule has 0 saturated carbocycles. The number of rotatable bonds is 6. The zero-order chi connectivity index (χ0) is 19.3. The Morgan fingerprint density at radius 3 is 2.29 bits per heavy atom. The zero-order valence-electron chi connectivity index (χ0n) is 16.0. The van der Waals surface area contributed by atoms with Crippen LogP contribution in [0.1, 0.15) is 22.5 Å². The van der Waals surface area contributed by atoms with E-state index in [-0.39, 0.29) is 0 Å². The predicted octanol–water partition coefficient (Wildman–Crippen LogP) is 4.34. The van der Waals surface area contributed by atoms with Crippen LogP contribution in [0, 0.1) is 19.3 Å². The Morgan fingerprint density at radius 2 is 1.61 bits per heavy atom. The Hall–Kier alpha value is -3.51. The van der Waals surface area contributed by atoms with Gasteiger partial charge >= 0.3 is 5.65 Å². The third kappa shape index (κ3) is 3.50. The molecule has 0 atom stereocenters. The van der Waals surface area contributed by atoms with Crippen LogP contribution in [0.4, 0.5) is 0 Å². The zero-order valence-corrected chi connectivity index (χ0v) is 16.0. The SMILES string of the molecule is C#CCc1c(C)n(Cc2ccccc2)c2c(OCc3ccccc3)ccc[n+]12. The van der Waals surface area contributed by atoms with Crippen molar-refractivity contribution in [3.05, 3.63) is 102 Å². The van der Waals surface area contributed by atoms with Crippen LogP contribution in [0.15, 0.2) is 79.0 Å². The van der Waals surface area contributed by atoms with Crippen LogP contribution in [-0.4, -0.2) is 4.57 Å². The molecule has 3 nitrogen and oxygen atoms in total. The van der Waals surface area contributed by atoms with Gasteiger partial charge in [-0.15, -0.1) is 6.42 Å². The standard InChI is InChI=1S/C25H23N2O/c1-3-11-23-20(2)27(18-21-12-6-4-7-13-21)25-24(16-10-17-26(23)25)28-19-22-14-8-5-9-15-22/h1,4-10,12-17H,11,18-19H2,2H3/q+1. The molecule has 2 aromatic heterocycles. The number of imidazole rings is 1. The number of benzene rings is 2. The molecule has 0 amide bonds. The minimum atomic E-state index is 0.528. The van der Waals surface area contributed by atoms with Crippen molar-refractivity contribution in [3.8, 4) is 18.1 Å². The van der Waals surface area contributed by atoms with Gasteiger partial charge in [-0.1, -0.05) is 66.6 Å². The molecular formula is C25H23N2O+. The molecular weight excluding hydrogens is 344 g/mol. The van der Waals surface area contributed by atoms with E-state index in [1.807, 2.05) is 36.4 Å². The first-order chi connectivity index (χ1) is 13.8. The molecule has 0 bridgehead atoms. The second-order valence-electron chi connectivity index (χ2n) is 6.83. The molecule has 4 aromatic rings. The molecule has 0 spiro atoms. The predicted molar refractivity (Wildman–Crippen MR) is 111 cm³/mol. The lowest BCUT2D eigenvalue weighted by atomic mass is 10.2. The molecule has 2 aromatic carbocycles. The first kappa shape index (κ1) is 17.9. The van der Waals surface area contributed by atoms with E-state index >= 15 is 0 Å². The van der Waals surface area contributed by atoms with Crippen molar-refractivity contribution >= 4 is 5.65 Å². The largest absolute Gasteiger partial charge is 0.481 e. The summed E-state index contributed by atoms with van der Waals surface area (Å²) in [4.78, 5) is 0. The number of ether oxygens (including phenoxy) is 1. The van der Waals surface area contributed by atoms with Crippen LogP contribution in [0.25, 0.3) is 5.65 Å². The number of aromatic nitrogens is 2. The Balaban J connectivity index is 1.79. The summed E-state index contributed by atoms with van der Waals surface area (Å²) in [6.45, 7) is 3.43. The Bertz CT molecular complexity index is 1120. The average molecular weight is 367 g/mol. The van der Waals surface area contributed by atoms with Crippen LogP contribution in [0.3, 0.4) is 0 Å². The molecule has 0 aliphatic carbocycles. The quantitative estimate of drug-likeness (QED) is 0.366. The number of hydrogen-bond donors (Lipinski definition) is 0. The van der Waals surface area contributed by atoms with Gasteiger partial charge in [0, 0.05) is 6.92 Å². The van der Waals surface area contributed by atoms with E-state index < -0.39 is 0 Å². The van der Waals surface area contributed by atoms with Crippen molar-refractivity contribution in [3.63, 3.8) is 0 Å². The van der Waals surface area contributed by atoms with E-state index in [0.717, 1.165) is 34.9 Å². The third-order valence-electron chi connectivity index (χ3n) is 4.99. The maximum absolute atomic E-state index is 6.24. The maximum Gasteiger partial charge on any atom is 0.330 e. The van der Waals surface area contributed by atoms with Gasteiger partial charge in [-0.3, -0.25) is 0 Å². The fourth-order valence-corrected chi connectivity index (χ4v) is 3.57. The van der Waals surface area contributed by atoms with Crippen LogP contribution < -0.4 is 9.14 Å². The number of hydrogen-bond acceptors (Lipinski definition) is 1. The van der Waals surface area contributed by atoms with Gasteiger partial charge in [0.15, 0.2) is 5.69 Å². The monoisotopic (exact) mass is 367 g/mol. The van der Waals surface area contributed by atoms with Crippen LogP contribution in [-0.2, 0) is 19.6 Å². The molecule has 0 aliphatic heterocycles. The number of nitrogens with zero attached hydrogens (tertiary/aromatic N) is 2. The Labute approximate surface area is 165 Å². The summed E-state index contributed by atoms with van der Waals surface area (Å²) >= 11 is 0. The molecule has 0 radical (unpaired) electrons. The smallest absolute Gasteiger partial charge is 0.330 e. The van der Waals surface area contributed by atoms with Gasteiger partial charge in [0.05, 0.1) is 12.6 Å². The summed E-state index contributed by atoms with van der Waals surface area (Å²) in [5.41, 5.74) is 5.71. The highest BCUT2D eigenvalue weighted by molar-refractivity contribution is 5.51. The van der Waals surface area contributed by atoms with E-state index in [4.69, 9.17) is 11.2 Å². The van der Waals surface area contributed by atoms with Crippen LogP contribution in [0.2, 0.25) is 0 Å². The van der Waals surface area contributed by atoms with Crippen molar-refractivity contribution in [2.75, 3.05) is 0 Å². The van der Waals surface area contributed by atoms with Gasteiger partial charge in [0.2, 0.25) is 5.75 Å². The molecule has 138 valence electrons. The van der Waals surface area contributed by atoms with Gasteiger partial charge < -0.3 is 4.74 Å². The Kier molecular flexibility index (Phi) is 5.12. The summed E-state index contributed by atoms with van der Waals surface area (Å²) < 4.78 is 10.7. The number of pyridine rings is 1. The highest BCUT2D eigenvalue weighted by Crippen LogP contribution is 2.23. The molecule has 2 heterocycles. The summed E-state index contributed by atoms with van der Waals surface area (Å²) in [5, 5.41) is 0. The minimum absolute atomic E-state index is 0.528. The molecule has 0 aliphatic rings. The van der Waals surface area contributed by atoms with Gasteiger partial charge in [-0.2, -0.15) is 4.40 Å². The van der Waals surface area contributed by atoms with Crippen LogP contribution >= 0.6 is 0 Å².